The Morgan fingerprint density at radius 3 is 2.62 bits per heavy atom. The Labute approximate surface area is 205 Å². The van der Waals surface area contributed by atoms with Gasteiger partial charge >= 0.3 is 0 Å². The molecule has 2 heterocycles. The van der Waals surface area contributed by atoms with E-state index in [-0.39, 0.29) is 12.1 Å². The van der Waals surface area contributed by atoms with Crippen LogP contribution < -0.4 is 15.2 Å². The lowest BCUT2D eigenvalue weighted by Crippen LogP contribution is -2.55. The number of hydrogen-bond donors (Lipinski definition) is 1. The molecule has 6 nitrogen and oxygen atoms in total. The van der Waals surface area contributed by atoms with E-state index in [9.17, 15) is 0 Å². The van der Waals surface area contributed by atoms with Crippen LogP contribution in [0.5, 0.6) is 11.5 Å². The first-order valence-electron chi connectivity index (χ1n) is 13.2. The standard InChI is InChI=1S/C28H43N3O3/c1-20(2)31-14-8-12-24(29)25(31)17-22-18-27(33-16-15-32-3)23-11-7-13-26(28(23)30-22)34-19-21-9-5-4-6-10-21/h7,11,13,18,20-21,24-25H,4-6,8-10,12,14-17,19,29H2,1-3H3/t24?,25-/m1/s1. The largest absolute Gasteiger partial charge is 0.491 e. The van der Waals surface area contributed by atoms with E-state index < -0.39 is 0 Å². The van der Waals surface area contributed by atoms with E-state index in [1.165, 1.54) is 32.1 Å². The zero-order valence-corrected chi connectivity index (χ0v) is 21.3. The molecule has 2 N–H and O–H groups in total. The minimum Gasteiger partial charge on any atom is -0.491 e. The van der Waals surface area contributed by atoms with Gasteiger partial charge < -0.3 is 19.9 Å². The van der Waals surface area contributed by atoms with E-state index in [4.69, 9.17) is 24.9 Å². The van der Waals surface area contributed by atoms with Gasteiger partial charge in [-0.25, -0.2) is 4.98 Å². The SMILES string of the molecule is COCCOc1cc(C[C@@H]2C(N)CCCN2C(C)C)nc2c(OCC3CCCCC3)cccc12. The van der Waals surface area contributed by atoms with Crippen LogP contribution in [0.25, 0.3) is 10.9 Å². The van der Waals surface area contributed by atoms with Crippen LogP contribution in [-0.2, 0) is 11.2 Å². The molecule has 2 fully saturated rings. The van der Waals surface area contributed by atoms with Gasteiger partial charge in [0, 0.05) is 48.8 Å². The van der Waals surface area contributed by atoms with Crippen molar-refractivity contribution >= 4 is 10.9 Å². The number of hydrogen-bond acceptors (Lipinski definition) is 6. The number of benzene rings is 1. The van der Waals surface area contributed by atoms with Gasteiger partial charge in [-0.1, -0.05) is 25.3 Å². The highest BCUT2D eigenvalue weighted by Gasteiger charge is 2.31. The summed E-state index contributed by atoms with van der Waals surface area (Å²) in [5.41, 5.74) is 8.53. The minimum absolute atomic E-state index is 0.157. The number of likely N-dealkylation sites (tertiary alicyclic amines) is 1. The molecule has 188 valence electrons. The van der Waals surface area contributed by atoms with E-state index in [1.807, 2.05) is 12.1 Å². The quantitative estimate of drug-likeness (QED) is 0.496. The molecule has 1 aliphatic carbocycles. The third-order valence-electron chi connectivity index (χ3n) is 7.52. The van der Waals surface area contributed by atoms with E-state index in [1.54, 1.807) is 7.11 Å². The van der Waals surface area contributed by atoms with Crippen LogP contribution in [-0.4, -0.2) is 61.5 Å². The molecule has 4 rings (SSSR count). The van der Waals surface area contributed by atoms with Crippen molar-refractivity contribution in [2.24, 2.45) is 11.7 Å². The number of aromatic nitrogens is 1. The first-order chi connectivity index (χ1) is 16.6. The van der Waals surface area contributed by atoms with Gasteiger partial charge in [-0.05, 0) is 64.1 Å². The fraction of sp³-hybridized carbons (Fsp3) is 0.679. The van der Waals surface area contributed by atoms with Crippen molar-refractivity contribution in [1.29, 1.82) is 0 Å². The van der Waals surface area contributed by atoms with E-state index >= 15 is 0 Å². The summed E-state index contributed by atoms with van der Waals surface area (Å²) < 4.78 is 17.8. The summed E-state index contributed by atoms with van der Waals surface area (Å²) >= 11 is 0. The molecule has 2 aromatic rings. The molecule has 2 atom stereocenters. The number of pyridine rings is 1. The summed E-state index contributed by atoms with van der Waals surface area (Å²) in [4.78, 5) is 7.67. The van der Waals surface area contributed by atoms with Crippen molar-refractivity contribution in [3.05, 3.63) is 30.0 Å². The summed E-state index contributed by atoms with van der Waals surface area (Å²) in [7, 11) is 1.70. The van der Waals surface area contributed by atoms with Crippen molar-refractivity contribution in [1.82, 2.24) is 9.88 Å². The Hall–Kier alpha value is -1.89. The molecule has 2 aliphatic rings. The average Bonchev–Trinajstić information content (AvgIpc) is 2.84. The predicted molar refractivity (Wildman–Crippen MR) is 138 cm³/mol. The average molecular weight is 470 g/mol. The highest BCUT2D eigenvalue weighted by molar-refractivity contribution is 5.90. The zero-order chi connectivity index (χ0) is 23.9. The Kier molecular flexibility index (Phi) is 9.04. The molecule has 0 radical (unpaired) electrons. The lowest BCUT2D eigenvalue weighted by Gasteiger charge is -2.42. The van der Waals surface area contributed by atoms with Gasteiger partial charge in [-0.3, -0.25) is 4.90 Å². The molecule has 0 bridgehead atoms. The number of para-hydroxylation sites is 1. The summed E-state index contributed by atoms with van der Waals surface area (Å²) in [5, 5.41) is 0.995. The van der Waals surface area contributed by atoms with Gasteiger partial charge in [0.15, 0.2) is 0 Å². The van der Waals surface area contributed by atoms with Crippen molar-refractivity contribution < 1.29 is 14.2 Å². The topological polar surface area (TPSA) is 69.8 Å². The first kappa shape index (κ1) is 25.2. The molecule has 34 heavy (non-hydrogen) atoms. The van der Waals surface area contributed by atoms with Gasteiger partial charge in [-0.15, -0.1) is 0 Å². The lowest BCUT2D eigenvalue weighted by molar-refractivity contribution is 0.0939. The second kappa shape index (κ2) is 12.2. The van der Waals surface area contributed by atoms with Crippen LogP contribution in [0.4, 0.5) is 0 Å². The minimum atomic E-state index is 0.157. The van der Waals surface area contributed by atoms with E-state index in [0.29, 0.717) is 25.2 Å². The normalized spacial score (nSPS) is 22.4. The second-order valence-electron chi connectivity index (χ2n) is 10.3. The van der Waals surface area contributed by atoms with Gasteiger partial charge in [0.1, 0.15) is 23.6 Å². The van der Waals surface area contributed by atoms with Crippen molar-refractivity contribution in [3.63, 3.8) is 0 Å². The number of rotatable bonds is 10. The molecule has 1 aromatic carbocycles. The molecule has 1 saturated carbocycles. The lowest BCUT2D eigenvalue weighted by atomic mass is 9.90. The van der Waals surface area contributed by atoms with Crippen molar-refractivity contribution in [3.8, 4) is 11.5 Å². The maximum Gasteiger partial charge on any atom is 0.145 e. The number of ether oxygens (including phenoxy) is 3. The predicted octanol–water partition coefficient (Wildman–Crippen LogP) is 4.96. The highest BCUT2D eigenvalue weighted by Crippen LogP contribution is 2.34. The Balaban J connectivity index is 1.63. The van der Waals surface area contributed by atoms with Gasteiger partial charge in [0.25, 0.3) is 0 Å². The van der Waals surface area contributed by atoms with Crippen LogP contribution in [0.1, 0.15) is 64.5 Å². The highest BCUT2D eigenvalue weighted by atomic mass is 16.5. The molecule has 0 amide bonds. The Morgan fingerprint density at radius 2 is 1.85 bits per heavy atom. The molecular formula is C28H43N3O3. The fourth-order valence-corrected chi connectivity index (χ4v) is 5.62. The van der Waals surface area contributed by atoms with Crippen molar-refractivity contribution in [2.75, 3.05) is 33.5 Å². The maximum atomic E-state index is 6.62. The zero-order valence-electron chi connectivity index (χ0n) is 21.3. The van der Waals surface area contributed by atoms with Gasteiger partial charge in [0.2, 0.25) is 0 Å². The summed E-state index contributed by atoms with van der Waals surface area (Å²) in [5.74, 6) is 2.35. The van der Waals surface area contributed by atoms with Crippen LogP contribution in [0, 0.1) is 5.92 Å². The van der Waals surface area contributed by atoms with Crippen LogP contribution in [0.15, 0.2) is 24.3 Å². The van der Waals surface area contributed by atoms with Gasteiger partial charge in [-0.2, -0.15) is 0 Å². The van der Waals surface area contributed by atoms with Crippen molar-refractivity contribution in [2.45, 2.75) is 83.3 Å². The van der Waals surface area contributed by atoms with E-state index in [2.05, 4.69) is 30.9 Å². The third-order valence-corrected chi connectivity index (χ3v) is 7.52. The second-order valence-corrected chi connectivity index (χ2v) is 10.3. The third kappa shape index (κ3) is 6.21. The smallest absolute Gasteiger partial charge is 0.145 e. The Bertz CT molecular complexity index is 913. The maximum absolute atomic E-state index is 6.62. The molecule has 1 saturated heterocycles. The van der Waals surface area contributed by atoms with E-state index in [0.717, 1.165) is 60.5 Å². The monoisotopic (exact) mass is 469 g/mol. The molecule has 1 aromatic heterocycles. The number of piperidine rings is 1. The number of nitrogens with zero attached hydrogens (tertiary/aromatic N) is 2. The Morgan fingerprint density at radius 1 is 1.03 bits per heavy atom. The molecule has 0 spiro atoms. The first-order valence-corrected chi connectivity index (χ1v) is 13.2. The van der Waals surface area contributed by atoms with Gasteiger partial charge in [0.05, 0.1) is 13.2 Å². The fourth-order valence-electron chi connectivity index (χ4n) is 5.62. The molecule has 6 heteroatoms. The van der Waals surface area contributed by atoms with Crippen LogP contribution in [0.2, 0.25) is 0 Å². The van der Waals surface area contributed by atoms with Crippen LogP contribution >= 0.6 is 0 Å². The summed E-state index contributed by atoms with van der Waals surface area (Å²) in [6, 6.07) is 9.17. The summed E-state index contributed by atoms with van der Waals surface area (Å²) in [6.45, 7) is 7.43. The number of fused-ring (bicyclic) bond motifs is 1. The molecule has 1 aliphatic heterocycles. The number of nitrogens with two attached hydrogens (primary N) is 1. The number of methoxy groups -OCH3 is 1. The summed E-state index contributed by atoms with van der Waals surface area (Å²) in [6.07, 6.45) is 9.55. The molecular weight excluding hydrogens is 426 g/mol. The van der Waals surface area contributed by atoms with Crippen LogP contribution in [0.3, 0.4) is 0 Å². The molecule has 1 unspecified atom stereocenters.